The van der Waals surface area contributed by atoms with Gasteiger partial charge in [-0.25, -0.2) is 4.39 Å². The molecule has 0 aromatic rings. The van der Waals surface area contributed by atoms with Gasteiger partial charge in [-0.05, 0) is 0 Å². The zero-order valence-electron chi connectivity index (χ0n) is 2.69. The predicted octanol–water partition coefficient (Wildman–Crippen LogP) is 0.171. The Hall–Kier alpha value is 0.240. The first-order chi connectivity index (χ1) is 2.27. The van der Waals surface area contributed by atoms with E-state index in [0.717, 1.165) is 0 Å². The molecule has 0 fully saturated rings. The van der Waals surface area contributed by atoms with E-state index in [1.54, 1.807) is 0 Å². The number of hydrogen-bond donors (Lipinski definition) is 2. The lowest BCUT2D eigenvalue weighted by atomic mass is 10.8. The van der Waals surface area contributed by atoms with Crippen molar-refractivity contribution in [3.8, 4) is 0 Å². The van der Waals surface area contributed by atoms with Gasteiger partial charge in [0.1, 0.15) is 0 Å². The largest absolute Gasteiger partial charge is 0.301 e. The molecule has 0 radical (unpaired) electrons. The second-order valence-corrected chi connectivity index (χ2v) is 1.06. The van der Waals surface area contributed by atoms with Crippen LogP contribution in [-0.2, 0) is 0 Å². The molecule has 0 spiro atoms. The SMILES string of the molecule is N[C@H](F)CS. The molecule has 0 saturated heterocycles. The molecule has 0 aromatic carbocycles. The number of alkyl halides is 1. The van der Waals surface area contributed by atoms with Crippen molar-refractivity contribution in [1.29, 1.82) is 0 Å². The molecular formula is C2H6FNS. The lowest BCUT2D eigenvalue weighted by molar-refractivity contribution is 0.380. The molecule has 1 atom stereocenters. The number of thiol groups is 1. The van der Waals surface area contributed by atoms with Gasteiger partial charge in [-0.3, -0.25) is 0 Å². The van der Waals surface area contributed by atoms with E-state index in [-0.39, 0.29) is 5.75 Å². The van der Waals surface area contributed by atoms with E-state index in [4.69, 9.17) is 0 Å². The van der Waals surface area contributed by atoms with E-state index in [0.29, 0.717) is 0 Å². The highest BCUT2D eigenvalue weighted by Crippen LogP contribution is 1.79. The summed E-state index contributed by atoms with van der Waals surface area (Å²) in [6, 6.07) is 0. The van der Waals surface area contributed by atoms with Crippen molar-refractivity contribution in [3.05, 3.63) is 0 Å². The topological polar surface area (TPSA) is 26.0 Å². The van der Waals surface area contributed by atoms with Gasteiger partial charge in [-0.1, -0.05) is 0 Å². The summed E-state index contributed by atoms with van der Waals surface area (Å²) in [5, 5.41) is 0. The highest BCUT2D eigenvalue weighted by molar-refractivity contribution is 7.80. The number of hydrogen-bond acceptors (Lipinski definition) is 2. The zero-order chi connectivity index (χ0) is 4.28. The van der Waals surface area contributed by atoms with Crippen LogP contribution in [0.2, 0.25) is 0 Å². The maximum absolute atomic E-state index is 11.1. The van der Waals surface area contributed by atoms with Crippen LogP contribution in [0.25, 0.3) is 0 Å². The summed E-state index contributed by atoms with van der Waals surface area (Å²) in [6.07, 6.45) is -1.25. The molecule has 0 amide bonds. The Morgan fingerprint density at radius 3 is 2.20 bits per heavy atom. The first-order valence-electron chi connectivity index (χ1n) is 1.28. The molecule has 0 saturated carbocycles. The van der Waals surface area contributed by atoms with Crippen LogP contribution in [0.5, 0.6) is 0 Å². The molecule has 0 aliphatic carbocycles. The van der Waals surface area contributed by atoms with Crippen molar-refractivity contribution in [3.63, 3.8) is 0 Å². The van der Waals surface area contributed by atoms with Crippen LogP contribution in [0.15, 0.2) is 0 Å². The molecule has 32 valence electrons. The minimum absolute atomic E-state index is 0.111. The third-order valence-electron chi connectivity index (χ3n) is 0.174. The van der Waals surface area contributed by atoms with Crippen LogP contribution in [0, 0.1) is 0 Å². The van der Waals surface area contributed by atoms with E-state index >= 15 is 0 Å². The quantitative estimate of drug-likeness (QED) is 0.352. The molecule has 3 heteroatoms. The minimum atomic E-state index is -1.25. The van der Waals surface area contributed by atoms with Crippen molar-refractivity contribution in [2.24, 2.45) is 5.73 Å². The maximum atomic E-state index is 11.1. The summed E-state index contributed by atoms with van der Waals surface area (Å²) < 4.78 is 11.1. The Morgan fingerprint density at radius 2 is 2.20 bits per heavy atom. The van der Waals surface area contributed by atoms with Gasteiger partial charge in [-0.15, -0.1) is 0 Å². The Balaban J connectivity index is 2.54. The first-order valence-corrected chi connectivity index (χ1v) is 1.91. The predicted molar refractivity (Wildman–Crippen MR) is 22.9 cm³/mol. The second-order valence-electron chi connectivity index (χ2n) is 0.699. The van der Waals surface area contributed by atoms with Crippen molar-refractivity contribution >= 4 is 12.6 Å². The number of halogens is 1. The fourth-order valence-electron chi connectivity index (χ4n) is 0. The van der Waals surface area contributed by atoms with Gasteiger partial charge in [-0.2, -0.15) is 12.6 Å². The van der Waals surface area contributed by atoms with Crippen molar-refractivity contribution in [1.82, 2.24) is 0 Å². The van der Waals surface area contributed by atoms with E-state index in [9.17, 15) is 4.39 Å². The summed E-state index contributed by atoms with van der Waals surface area (Å²) in [6.45, 7) is 0. The van der Waals surface area contributed by atoms with Crippen LogP contribution < -0.4 is 5.73 Å². The monoisotopic (exact) mass is 95.0 g/mol. The van der Waals surface area contributed by atoms with Gasteiger partial charge in [0.05, 0.1) is 0 Å². The minimum Gasteiger partial charge on any atom is -0.301 e. The normalized spacial score (nSPS) is 15.0. The lowest BCUT2D eigenvalue weighted by Gasteiger charge is -1.86. The molecule has 0 unspecified atom stereocenters. The number of rotatable bonds is 1. The highest BCUT2D eigenvalue weighted by atomic mass is 32.1. The Morgan fingerprint density at radius 1 is 2.00 bits per heavy atom. The smallest absolute Gasteiger partial charge is 0.157 e. The van der Waals surface area contributed by atoms with Crippen molar-refractivity contribution < 1.29 is 4.39 Å². The third kappa shape index (κ3) is 4.24. The van der Waals surface area contributed by atoms with Crippen LogP contribution in [0.1, 0.15) is 0 Å². The molecular weight excluding hydrogens is 89.1 g/mol. The van der Waals surface area contributed by atoms with Crippen LogP contribution in [0.4, 0.5) is 4.39 Å². The Bertz CT molecular complexity index is 23.6. The first kappa shape index (κ1) is 5.24. The van der Waals surface area contributed by atoms with Gasteiger partial charge in [0.2, 0.25) is 0 Å². The summed E-state index contributed by atoms with van der Waals surface area (Å²) in [5.41, 5.74) is 4.55. The molecule has 1 nitrogen and oxygen atoms in total. The third-order valence-corrected chi connectivity index (χ3v) is 0.523. The molecule has 0 aliphatic heterocycles. The average molecular weight is 95.1 g/mol. The standard InChI is InChI=1S/C2H6FNS/c3-2(4)1-5/h2,5H,1,4H2/t2-/m0/s1. The fourth-order valence-corrected chi connectivity index (χ4v) is 0. The van der Waals surface area contributed by atoms with Gasteiger partial charge < -0.3 is 5.73 Å². The van der Waals surface area contributed by atoms with Gasteiger partial charge in [0.15, 0.2) is 6.30 Å². The molecule has 0 heterocycles. The Labute approximate surface area is 35.8 Å². The molecule has 2 N–H and O–H groups in total. The van der Waals surface area contributed by atoms with Gasteiger partial charge in [0.25, 0.3) is 0 Å². The van der Waals surface area contributed by atoms with Gasteiger partial charge >= 0.3 is 0 Å². The summed E-state index contributed by atoms with van der Waals surface area (Å²) in [4.78, 5) is 0. The molecule has 0 rings (SSSR count). The zero-order valence-corrected chi connectivity index (χ0v) is 3.58. The lowest BCUT2D eigenvalue weighted by Crippen LogP contribution is -2.13. The molecule has 0 aliphatic rings. The van der Waals surface area contributed by atoms with Crippen LogP contribution in [0.3, 0.4) is 0 Å². The fraction of sp³-hybridized carbons (Fsp3) is 1.00. The van der Waals surface area contributed by atoms with Gasteiger partial charge in [0, 0.05) is 5.75 Å². The Kier molecular flexibility index (Phi) is 2.59. The maximum Gasteiger partial charge on any atom is 0.157 e. The molecule has 0 aromatic heterocycles. The van der Waals surface area contributed by atoms with Crippen molar-refractivity contribution in [2.45, 2.75) is 6.30 Å². The summed E-state index contributed by atoms with van der Waals surface area (Å²) in [7, 11) is 0. The van der Waals surface area contributed by atoms with E-state index in [2.05, 4.69) is 18.4 Å². The van der Waals surface area contributed by atoms with E-state index < -0.39 is 6.30 Å². The average Bonchev–Trinajstić information content (AvgIpc) is 1.38. The second kappa shape index (κ2) is 2.48. The van der Waals surface area contributed by atoms with Crippen molar-refractivity contribution in [2.75, 3.05) is 5.75 Å². The molecule has 0 bridgehead atoms. The highest BCUT2D eigenvalue weighted by Gasteiger charge is 1.86. The summed E-state index contributed by atoms with van der Waals surface area (Å²) >= 11 is 3.52. The van der Waals surface area contributed by atoms with E-state index in [1.165, 1.54) is 0 Å². The van der Waals surface area contributed by atoms with Crippen LogP contribution in [-0.4, -0.2) is 12.0 Å². The van der Waals surface area contributed by atoms with Crippen LogP contribution >= 0.6 is 12.6 Å². The summed E-state index contributed by atoms with van der Waals surface area (Å²) in [5.74, 6) is 0.111. The van der Waals surface area contributed by atoms with E-state index in [1.807, 2.05) is 0 Å². The molecule has 5 heavy (non-hydrogen) atoms. The number of nitrogens with two attached hydrogens (primary N) is 1.